The molecule has 1 N–H and O–H groups in total. The van der Waals surface area contributed by atoms with Gasteiger partial charge in [0.15, 0.2) is 5.82 Å². The van der Waals surface area contributed by atoms with E-state index in [-0.39, 0.29) is 0 Å². The van der Waals surface area contributed by atoms with Crippen molar-refractivity contribution in [3.63, 3.8) is 0 Å². The van der Waals surface area contributed by atoms with Crippen LogP contribution >= 0.6 is 22.9 Å². The summed E-state index contributed by atoms with van der Waals surface area (Å²) in [6.07, 6.45) is -0.158. The smallest absolute Gasteiger partial charge is 0.207 e. The van der Waals surface area contributed by atoms with Gasteiger partial charge < -0.3 is 5.11 Å². The molecule has 0 saturated heterocycles. The number of aryl methyl sites for hydroxylation is 2. The van der Waals surface area contributed by atoms with Crippen LogP contribution in [-0.4, -0.2) is 25.6 Å². The summed E-state index contributed by atoms with van der Waals surface area (Å²) >= 11 is 8.05. The maximum Gasteiger partial charge on any atom is 0.207 e. The SMILES string of the molecule is CCc1cc2c(s1)-n1c(C)nnc1C(O)N=C2c1ccccc1Cl. The van der Waals surface area contributed by atoms with Crippen LogP contribution in [0.1, 0.15) is 40.8 Å². The molecular weight excluding hydrogens is 344 g/mol. The number of aliphatic hydroxyl groups is 1. The molecule has 0 spiro atoms. The first-order valence-corrected chi connectivity index (χ1v) is 8.85. The van der Waals surface area contributed by atoms with Crippen molar-refractivity contribution >= 4 is 28.6 Å². The predicted molar refractivity (Wildman–Crippen MR) is 95.4 cm³/mol. The second-order valence-corrected chi connectivity index (χ2v) is 7.08. The van der Waals surface area contributed by atoms with Crippen LogP contribution in [-0.2, 0) is 6.42 Å². The summed E-state index contributed by atoms with van der Waals surface area (Å²) < 4.78 is 1.89. The van der Waals surface area contributed by atoms with E-state index in [1.165, 1.54) is 4.88 Å². The van der Waals surface area contributed by atoms with Crippen molar-refractivity contribution in [3.05, 3.63) is 63.0 Å². The summed E-state index contributed by atoms with van der Waals surface area (Å²) in [5, 5.41) is 20.3. The Balaban J connectivity index is 2.03. The molecule has 1 atom stereocenters. The van der Waals surface area contributed by atoms with Gasteiger partial charge in [-0.3, -0.25) is 4.57 Å². The van der Waals surface area contributed by atoms with E-state index in [0.29, 0.717) is 16.6 Å². The molecule has 24 heavy (non-hydrogen) atoms. The molecule has 1 unspecified atom stereocenters. The van der Waals surface area contributed by atoms with E-state index in [1.807, 2.05) is 35.8 Å². The van der Waals surface area contributed by atoms with E-state index in [0.717, 1.165) is 28.4 Å². The Morgan fingerprint density at radius 2 is 2.04 bits per heavy atom. The first kappa shape index (κ1) is 15.5. The van der Waals surface area contributed by atoms with Gasteiger partial charge in [-0.15, -0.1) is 21.5 Å². The molecule has 3 heterocycles. The number of aliphatic imine (C=N–C) groups is 1. The molecule has 5 nitrogen and oxygen atoms in total. The molecule has 4 rings (SSSR count). The van der Waals surface area contributed by atoms with Crippen LogP contribution < -0.4 is 0 Å². The summed E-state index contributed by atoms with van der Waals surface area (Å²) in [6, 6.07) is 9.65. The highest BCUT2D eigenvalue weighted by molar-refractivity contribution is 7.15. The molecule has 7 heteroatoms. The number of fused-ring (bicyclic) bond motifs is 3. The quantitative estimate of drug-likeness (QED) is 0.759. The topological polar surface area (TPSA) is 63.3 Å². The highest BCUT2D eigenvalue weighted by atomic mass is 35.5. The lowest BCUT2D eigenvalue weighted by Crippen LogP contribution is -2.06. The van der Waals surface area contributed by atoms with Crippen molar-refractivity contribution in [1.29, 1.82) is 0 Å². The molecule has 0 bridgehead atoms. The fourth-order valence-corrected chi connectivity index (χ4v) is 4.23. The number of nitrogens with zero attached hydrogens (tertiary/aromatic N) is 4. The number of benzene rings is 1. The molecule has 1 aliphatic rings. The standard InChI is InChI=1S/C17H15ClN4OS/c1-3-10-8-12-14(11-6-4-5-7-13(11)18)19-16(23)15-21-20-9(2)22(15)17(12)24-10/h4-8,16,23H,3H2,1-2H3. The van der Waals surface area contributed by atoms with E-state index in [4.69, 9.17) is 11.6 Å². The Morgan fingerprint density at radius 1 is 1.25 bits per heavy atom. The van der Waals surface area contributed by atoms with Crippen LogP contribution in [0.15, 0.2) is 35.3 Å². The first-order valence-electron chi connectivity index (χ1n) is 7.66. The first-order chi connectivity index (χ1) is 11.6. The van der Waals surface area contributed by atoms with Crippen LogP contribution in [0.25, 0.3) is 5.00 Å². The number of aromatic nitrogens is 3. The minimum atomic E-state index is -1.08. The molecule has 1 aromatic carbocycles. The molecule has 2 aromatic heterocycles. The summed E-state index contributed by atoms with van der Waals surface area (Å²) in [4.78, 5) is 5.75. The lowest BCUT2D eigenvalue weighted by molar-refractivity contribution is 0.177. The van der Waals surface area contributed by atoms with Gasteiger partial charge in [0.1, 0.15) is 10.8 Å². The highest BCUT2D eigenvalue weighted by Gasteiger charge is 2.29. The monoisotopic (exact) mass is 358 g/mol. The maximum absolute atomic E-state index is 10.5. The lowest BCUT2D eigenvalue weighted by atomic mass is 10.0. The van der Waals surface area contributed by atoms with E-state index < -0.39 is 6.23 Å². The second-order valence-electron chi connectivity index (χ2n) is 5.56. The van der Waals surface area contributed by atoms with Gasteiger partial charge in [-0.2, -0.15) is 0 Å². The van der Waals surface area contributed by atoms with Gasteiger partial charge in [0.2, 0.25) is 6.23 Å². The van der Waals surface area contributed by atoms with Crippen LogP contribution in [0.4, 0.5) is 0 Å². The Labute approximate surface area is 148 Å². The van der Waals surface area contributed by atoms with Crippen LogP contribution in [0.2, 0.25) is 5.02 Å². The molecule has 0 amide bonds. The third-order valence-corrected chi connectivity index (χ3v) is 5.63. The van der Waals surface area contributed by atoms with Gasteiger partial charge in [-0.05, 0) is 25.5 Å². The van der Waals surface area contributed by atoms with Gasteiger partial charge >= 0.3 is 0 Å². The average Bonchev–Trinajstić information content (AvgIpc) is 3.13. The fourth-order valence-electron chi connectivity index (χ4n) is 2.86. The fraction of sp³-hybridized carbons (Fsp3) is 0.235. The van der Waals surface area contributed by atoms with E-state index in [9.17, 15) is 5.11 Å². The molecule has 0 saturated carbocycles. The minimum Gasteiger partial charge on any atom is -0.365 e. The van der Waals surface area contributed by atoms with Crippen LogP contribution in [0, 0.1) is 6.92 Å². The van der Waals surface area contributed by atoms with E-state index in [1.54, 1.807) is 11.3 Å². The Kier molecular flexibility index (Phi) is 3.75. The summed E-state index contributed by atoms with van der Waals surface area (Å²) in [6.45, 7) is 3.99. The summed E-state index contributed by atoms with van der Waals surface area (Å²) in [5.74, 6) is 1.16. The van der Waals surface area contributed by atoms with Crippen molar-refractivity contribution in [3.8, 4) is 5.00 Å². The average molecular weight is 359 g/mol. The highest BCUT2D eigenvalue weighted by Crippen LogP contribution is 2.36. The number of aliphatic hydroxyl groups excluding tert-OH is 1. The molecule has 0 aliphatic carbocycles. The maximum atomic E-state index is 10.5. The molecule has 0 radical (unpaired) electrons. The Hall–Kier alpha value is -2.02. The van der Waals surface area contributed by atoms with Crippen LogP contribution in [0.3, 0.4) is 0 Å². The normalized spacial score (nSPS) is 16.3. The van der Waals surface area contributed by atoms with Crippen molar-refractivity contribution in [2.45, 2.75) is 26.5 Å². The van der Waals surface area contributed by atoms with Gasteiger partial charge in [-0.25, -0.2) is 4.99 Å². The largest absolute Gasteiger partial charge is 0.365 e. The zero-order valence-corrected chi connectivity index (χ0v) is 14.8. The molecule has 122 valence electrons. The molecule has 0 fully saturated rings. The van der Waals surface area contributed by atoms with Crippen molar-refractivity contribution in [2.24, 2.45) is 4.99 Å². The lowest BCUT2D eigenvalue weighted by Gasteiger charge is -2.08. The Bertz CT molecular complexity index is 959. The van der Waals surface area contributed by atoms with Crippen molar-refractivity contribution in [1.82, 2.24) is 14.8 Å². The number of halogens is 1. The van der Waals surface area contributed by atoms with Gasteiger partial charge in [0, 0.05) is 21.0 Å². The van der Waals surface area contributed by atoms with Gasteiger partial charge in [0.25, 0.3) is 0 Å². The Morgan fingerprint density at radius 3 is 2.79 bits per heavy atom. The molecule has 1 aliphatic heterocycles. The van der Waals surface area contributed by atoms with Gasteiger partial charge in [-0.1, -0.05) is 36.7 Å². The van der Waals surface area contributed by atoms with Crippen molar-refractivity contribution < 1.29 is 5.11 Å². The number of rotatable bonds is 2. The molecular formula is C17H15ClN4OS. The van der Waals surface area contributed by atoms with Gasteiger partial charge in [0.05, 0.1) is 5.71 Å². The third kappa shape index (κ3) is 2.30. The van der Waals surface area contributed by atoms with E-state index >= 15 is 0 Å². The second kappa shape index (κ2) is 5.81. The number of thiophene rings is 1. The summed E-state index contributed by atoms with van der Waals surface area (Å²) in [5.41, 5.74) is 2.44. The number of hydrogen-bond acceptors (Lipinski definition) is 5. The zero-order valence-electron chi connectivity index (χ0n) is 13.2. The van der Waals surface area contributed by atoms with Crippen LogP contribution in [0.5, 0.6) is 0 Å². The zero-order chi connectivity index (χ0) is 16.8. The molecule has 3 aromatic rings. The summed E-state index contributed by atoms with van der Waals surface area (Å²) in [7, 11) is 0. The van der Waals surface area contributed by atoms with E-state index in [2.05, 4.69) is 28.2 Å². The minimum absolute atomic E-state index is 0.431. The van der Waals surface area contributed by atoms with Crippen molar-refractivity contribution in [2.75, 3.05) is 0 Å². The number of hydrogen-bond donors (Lipinski definition) is 1. The third-order valence-electron chi connectivity index (χ3n) is 4.03. The predicted octanol–water partition coefficient (Wildman–Crippen LogP) is 3.69.